The summed E-state index contributed by atoms with van der Waals surface area (Å²) in [4.78, 5) is 40.9. The minimum Gasteiger partial charge on any atom is -0.467 e. The zero-order valence-corrected chi connectivity index (χ0v) is 20.7. The van der Waals surface area contributed by atoms with Crippen LogP contribution in [0.15, 0.2) is 56.3 Å². The maximum Gasteiger partial charge on any atom is 0.325 e. The first kappa shape index (κ1) is 24.1. The van der Waals surface area contributed by atoms with Crippen LogP contribution in [-0.4, -0.2) is 45.5 Å². The van der Waals surface area contributed by atoms with E-state index < -0.39 is 23.5 Å². The zero-order valence-electron chi connectivity index (χ0n) is 20.7. The van der Waals surface area contributed by atoms with Crippen LogP contribution in [0.2, 0.25) is 0 Å². The van der Waals surface area contributed by atoms with Gasteiger partial charge in [-0.2, -0.15) is 5.10 Å². The summed E-state index contributed by atoms with van der Waals surface area (Å²) in [5, 5.41) is 9.07. The van der Waals surface area contributed by atoms with Gasteiger partial charge in [0.15, 0.2) is 0 Å². The number of imide groups is 1. The molecule has 1 aliphatic carbocycles. The van der Waals surface area contributed by atoms with Gasteiger partial charge in [-0.3, -0.25) is 14.5 Å². The molecule has 36 heavy (non-hydrogen) atoms. The first-order chi connectivity index (χ1) is 17.5. The average molecular weight is 493 g/mol. The van der Waals surface area contributed by atoms with Crippen molar-refractivity contribution in [3.63, 3.8) is 0 Å². The lowest BCUT2D eigenvalue weighted by molar-refractivity contribution is -0.140. The second-order valence-corrected chi connectivity index (χ2v) is 9.77. The number of hydrazone groups is 1. The molecule has 4 amide bonds. The van der Waals surface area contributed by atoms with Gasteiger partial charge >= 0.3 is 6.03 Å². The van der Waals surface area contributed by atoms with E-state index in [2.05, 4.69) is 5.32 Å². The van der Waals surface area contributed by atoms with Crippen LogP contribution >= 0.6 is 0 Å². The molecule has 2 atom stereocenters. The molecule has 2 fully saturated rings. The van der Waals surface area contributed by atoms with E-state index in [0.29, 0.717) is 18.6 Å². The number of carbonyl (C=O) groups is 3. The lowest BCUT2D eigenvalue weighted by Gasteiger charge is -2.28. The Morgan fingerprint density at radius 3 is 2.58 bits per heavy atom. The topological polar surface area (TPSA) is 108 Å². The maximum absolute atomic E-state index is 13.7. The Morgan fingerprint density at radius 1 is 1.17 bits per heavy atom. The average Bonchev–Trinajstić information content (AvgIpc) is 3.65. The molecule has 0 bridgehead atoms. The number of amides is 4. The van der Waals surface area contributed by atoms with E-state index in [4.69, 9.17) is 13.9 Å². The van der Waals surface area contributed by atoms with Crippen LogP contribution < -0.4 is 5.32 Å². The molecule has 0 spiro atoms. The number of fused-ring (bicyclic) bond motifs is 1. The maximum atomic E-state index is 13.7. The van der Waals surface area contributed by atoms with Gasteiger partial charge < -0.3 is 14.2 Å². The minimum atomic E-state index is -0.939. The summed E-state index contributed by atoms with van der Waals surface area (Å²) in [5.74, 6) is 0.576. The second-order valence-electron chi connectivity index (χ2n) is 9.77. The number of hydrogen-bond donors (Lipinski definition) is 1. The number of nitrogens with zero attached hydrogens (tertiary/aromatic N) is 3. The molecular weight excluding hydrogens is 460 g/mol. The molecular formula is C27H32N4O5. The van der Waals surface area contributed by atoms with Gasteiger partial charge in [-0.1, -0.05) is 26.7 Å². The van der Waals surface area contributed by atoms with Crippen LogP contribution in [0.5, 0.6) is 0 Å². The summed E-state index contributed by atoms with van der Waals surface area (Å²) in [6.45, 7) is 3.60. The normalized spacial score (nSPS) is 24.3. The molecule has 0 aromatic carbocycles. The van der Waals surface area contributed by atoms with Gasteiger partial charge in [0.1, 0.15) is 29.6 Å². The Bertz CT molecular complexity index is 1170. The number of carbonyl (C=O) groups excluding carboxylic acids is 3. The van der Waals surface area contributed by atoms with Crippen molar-refractivity contribution in [3.05, 3.63) is 53.9 Å². The van der Waals surface area contributed by atoms with Crippen molar-refractivity contribution in [1.82, 2.24) is 15.2 Å². The Morgan fingerprint density at radius 2 is 1.92 bits per heavy atom. The predicted octanol–water partition coefficient (Wildman–Crippen LogP) is 4.89. The van der Waals surface area contributed by atoms with Crippen LogP contribution in [0.3, 0.4) is 0 Å². The lowest BCUT2D eigenvalue weighted by Crippen LogP contribution is -2.47. The van der Waals surface area contributed by atoms with Crippen LogP contribution in [-0.2, 0) is 9.59 Å². The van der Waals surface area contributed by atoms with E-state index in [1.165, 1.54) is 5.01 Å². The number of furan rings is 2. The largest absolute Gasteiger partial charge is 0.467 e. The molecule has 4 heterocycles. The number of nitrogens with one attached hydrogen (secondary N) is 1. The number of rotatable bonds is 8. The molecule has 9 heteroatoms. The van der Waals surface area contributed by atoms with Crippen molar-refractivity contribution in [2.24, 2.45) is 11.0 Å². The fourth-order valence-corrected chi connectivity index (χ4v) is 5.84. The first-order valence-electron chi connectivity index (χ1n) is 12.8. The molecule has 2 aliphatic heterocycles. The van der Waals surface area contributed by atoms with Crippen LogP contribution in [0.25, 0.3) is 6.08 Å². The molecule has 5 rings (SSSR count). The standard InChI is InChI=1S/C27H32N4O5/c1-3-12-27(13-4-2)25(33)30(26(34)28-27)17-22(32)31-24(21-11-7-15-36-21)20-10-5-8-18(23(20)29-31)16-19-9-6-14-35-19/h6-7,9,11,14-16,20,24H,3-5,8,10,12-13,17H2,1-2H3,(H,28,34)/b18-16-/t20-,24-/m1/s1. The third kappa shape index (κ3) is 4.16. The fraction of sp³-hybridized carbons (Fsp3) is 0.481. The summed E-state index contributed by atoms with van der Waals surface area (Å²) in [6, 6.07) is 6.40. The highest BCUT2D eigenvalue weighted by Crippen LogP contribution is 2.44. The zero-order chi connectivity index (χ0) is 25.3. The van der Waals surface area contributed by atoms with Gasteiger partial charge in [0.2, 0.25) is 0 Å². The van der Waals surface area contributed by atoms with Crippen LogP contribution in [0.4, 0.5) is 4.79 Å². The van der Waals surface area contributed by atoms with Crippen molar-refractivity contribution in [1.29, 1.82) is 0 Å². The van der Waals surface area contributed by atoms with Gasteiger partial charge in [-0.05, 0) is 68.0 Å². The monoisotopic (exact) mass is 492 g/mol. The van der Waals surface area contributed by atoms with Gasteiger partial charge in [-0.15, -0.1) is 0 Å². The smallest absolute Gasteiger partial charge is 0.325 e. The summed E-state index contributed by atoms with van der Waals surface area (Å²) >= 11 is 0. The molecule has 9 nitrogen and oxygen atoms in total. The van der Waals surface area contributed by atoms with E-state index in [1.807, 2.05) is 38.1 Å². The van der Waals surface area contributed by atoms with Gasteiger partial charge in [0, 0.05) is 5.92 Å². The molecule has 2 aromatic rings. The SMILES string of the molecule is CCCC1(CCC)NC(=O)N(CC(=O)N2N=C3/C(=C\c4ccco4)CCC[C@H]3[C@@H]2c2ccco2)C1=O. The number of allylic oxidation sites excluding steroid dienone is 1. The Labute approximate surface area is 210 Å². The highest BCUT2D eigenvalue weighted by Gasteiger charge is 2.52. The van der Waals surface area contributed by atoms with E-state index in [0.717, 1.165) is 54.0 Å². The summed E-state index contributed by atoms with van der Waals surface area (Å²) < 4.78 is 11.2. The van der Waals surface area contributed by atoms with Crippen molar-refractivity contribution >= 4 is 29.6 Å². The van der Waals surface area contributed by atoms with Crippen molar-refractivity contribution in [3.8, 4) is 0 Å². The van der Waals surface area contributed by atoms with E-state index in [9.17, 15) is 14.4 Å². The Hall–Kier alpha value is -3.62. The molecule has 190 valence electrons. The molecule has 1 N–H and O–H groups in total. The number of urea groups is 1. The Kier molecular flexibility index (Phi) is 6.55. The van der Waals surface area contributed by atoms with E-state index in [-0.39, 0.29) is 18.4 Å². The minimum absolute atomic E-state index is 0.0440. The van der Waals surface area contributed by atoms with E-state index >= 15 is 0 Å². The molecule has 2 aromatic heterocycles. The predicted molar refractivity (Wildman–Crippen MR) is 133 cm³/mol. The fourth-order valence-electron chi connectivity index (χ4n) is 5.84. The van der Waals surface area contributed by atoms with Gasteiger partial charge in [-0.25, -0.2) is 9.80 Å². The van der Waals surface area contributed by atoms with Gasteiger partial charge in [0.25, 0.3) is 11.8 Å². The lowest BCUT2D eigenvalue weighted by atomic mass is 9.79. The van der Waals surface area contributed by atoms with Crippen LogP contribution in [0.1, 0.15) is 76.4 Å². The van der Waals surface area contributed by atoms with Crippen LogP contribution in [0, 0.1) is 5.92 Å². The second kappa shape index (κ2) is 9.79. The quantitative estimate of drug-likeness (QED) is 0.528. The third-order valence-corrected chi connectivity index (χ3v) is 7.34. The van der Waals surface area contributed by atoms with Crippen molar-refractivity contribution < 1.29 is 23.2 Å². The van der Waals surface area contributed by atoms with Crippen molar-refractivity contribution in [2.45, 2.75) is 70.4 Å². The molecule has 0 unspecified atom stereocenters. The summed E-state index contributed by atoms with van der Waals surface area (Å²) in [7, 11) is 0. The number of hydrogen-bond acceptors (Lipinski definition) is 6. The van der Waals surface area contributed by atoms with Gasteiger partial charge in [0.05, 0.1) is 18.2 Å². The summed E-state index contributed by atoms with van der Waals surface area (Å²) in [5.41, 5.74) is 0.911. The molecule has 1 saturated heterocycles. The van der Waals surface area contributed by atoms with Crippen molar-refractivity contribution in [2.75, 3.05) is 6.54 Å². The molecule has 3 aliphatic rings. The molecule has 1 saturated carbocycles. The van der Waals surface area contributed by atoms with E-state index in [1.54, 1.807) is 18.6 Å². The molecule has 0 radical (unpaired) electrons. The third-order valence-electron chi connectivity index (χ3n) is 7.34. The Balaban J connectivity index is 1.44. The highest BCUT2D eigenvalue weighted by molar-refractivity contribution is 6.10. The summed E-state index contributed by atoms with van der Waals surface area (Å²) in [6.07, 6.45) is 10.4. The first-order valence-corrected chi connectivity index (χ1v) is 12.8. The highest BCUT2D eigenvalue weighted by atomic mass is 16.3.